The molecular weight excluding hydrogens is 626 g/mol. The lowest BCUT2D eigenvalue weighted by atomic mass is 10.0. The van der Waals surface area contributed by atoms with E-state index in [2.05, 4.69) is 29.9 Å². The first-order valence-electron chi connectivity index (χ1n) is 12.0. The number of nitrogens with one attached hydrogen (secondary N) is 2. The van der Waals surface area contributed by atoms with Crippen LogP contribution in [0.4, 0.5) is 0 Å². The zero-order valence-corrected chi connectivity index (χ0v) is 24.7. The molecule has 6 rings (SSSR count). The molecule has 212 valence electrons. The Morgan fingerprint density at radius 2 is 1.17 bits per heavy atom. The molecule has 0 aliphatic rings. The van der Waals surface area contributed by atoms with Gasteiger partial charge in [-0.3, -0.25) is 19.6 Å². The van der Waals surface area contributed by atoms with Gasteiger partial charge in [0.2, 0.25) is 0 Å². The molecule has 42 heavy (non-hydrogen) atoms. The second-order valence-electron chi connectivity index (χ2n) is 8.51. The maximum absolute atomic E-state index is 11.5. The minimum atomic E-state index is -0.744. The molecule has 0 unspecified atom stereocenters. The summed E-state index contributed by atoms with van der Waals surface area (Å²) >= 11 is 24.9. The molecule has 0 saturated heterocycles. The van der Waals surface area contributed by atoms with Crippen LogP contribution in [0.3, 0.4) is 0 Å². The monoisotopic (exact) mass is 642 g/mol. The number of aromatic nitrogens is 6. The second kappa shape index (κ2) is 12.3. The molecule has 2 N–H and O–H groups in total. The normalized spacial score (nSPS) is 10.8. The predicted octanol–water partition coefficient (Wildman–Crippen LogP) is 6.60. The lowest BCUT2D eigenvalue weighted by Crippen LogP contribution is -2.29. The SMILES string of the molecule is COc1nc2cc(Cl)c(Cl)c(-c3ccncc3)c2nc1OC.O=c1[nH]c2cc(Cl)c(Cl)c(-c3ccncc3)c2[nH]c1=O. The van der Waals surface area contributed by atoms with Crippen molar-refractivity contribution in [3.8, 4) is 34.0 Å². The number of hydrogen-bond acceptors (Lipinski definition) is 8. The van der Waals surface area contributed by atoms with Crippen LogP contribution in [0.2, 0.25) is 20.1 Å². The number of aromatic amines is 2. The van der Waals surface area contributed by atoms with E-state index in [4.69, 9.17) is 55.9 Å². The Bertz CT molecular complexity index is 2060. The third-order valence-corrected chi connectivity index (χ3v) is 7.60. The van der Waals surface area contributed by atoms with Crippen molar-refractivity contribution in [1.29, 1.82) is 0 Å². The third kappa shape index (κ3) is 5.62. The van der Waals surface area contributed by atoms with Gasteiger partial charge in [0.1, 0.15) is 5.52 Å². The molecule has 10 nitrogen and oxygen atoms in total. The molecule has 0 atom stereocenters. The molecule has 0 radical (unpaired) electrons. The summed E-state index contributed by atoms with van der Waals surface area (Å²) in [6.07, 6.45) is 6.55. The Kier molecular flexibility index (Phi) is 8.60. The number of halogens is 4. The van der Waals surface area contributed by atoms with Gasteiger partial charge in [-0.1, -0.05) is 46.4 Å². The Balaban J connectivity index is 0.000000169. The molecule has 0 saturated carbocycles. The molecular formula is C28H18Cl4N6O4. The topological polar surface area (TPSA) is 136 Å². The van der Waals surface area contributed by atoms with E-state index in [-0.39, 0.29) is 16.8 Å². The predicted molar refractivity (Wildman–Crippen MR) is 164 cm³/mol. The summed E-state index contributed by atoms with van der Waals surface area (Å²) in [5.74, 6) is 0.567. The van der Waals surface area contributed by atoms with Crippen molar-refractivity contribution in [3.63, 3.8) is 0 Å². The van der Waals surface area contributed by atoms with E-state index in [1.54, 1.807) is 43.0 Å². The zero-order valence-electron chi connectivity index (χ0n) is 21.7. The summed E-state index contributed by atoms with van der Waals surface area (Å²) in [5, 5.41) is 1.38. The number of ether oxygens (including phenoxy) is 2. The van der Waals surface area contributed by atoms with Crippen molar-refractivity contribution in [2.45, 2.75) is 0 Å². The number of pyridine rings is 2. The van der Waals surface area contributed by atoms with E-state index in [1.165, 1.54) is 20.3 Å². The molecule has 2 aromatic carbocycles. The van der Waals surface area contributed by atoms with Gasteiger partial charge in [0.15, 0.2) is 0 Å². The van der Waals surface area contributed by atoms with E-state index in [0.29, 0.717) is 48.3 Å². The van der Waals surface area contributed by atoms with Crippen molar-refractivity contribution < 1.29 is 9.47 Å². The number of hydrogen-bond donors (Lipinski definition) is 2. The molecule has 14 heteroatoms. The quantitative estimate of drug-likeness (QED) is 0.205. The minimum absolute atomic E-state index is 0.281. The lowest BCUT2D eigenvalue weighted by molar-refractivity contribution is 0.334. The van der Waals surface area contributed by atoms with E-state index in [0.717, 1.165) is 11.1 Å². The number of rotatable bonds is 4. The van der Waals surface area contributed by atoms with Gasteiger partial charge in [-0.25, -0.2) is 9.97 Å². The van der Waals surface area contributed by atoms with E-state index in [9.17, 15) is 9.59 Å². The average Bonchev–Trinajstić information content (AvgIpc) is 3.00. The number of H-pyrrole nitrogens is 2. The highest BCUT2D eigenvalue weighted by Gasteiger charge is 2.19. The fourth-order valence-corrected chi connectivity index (χ4v) is 5.06. The van der Waals surface area contributed by atoms with Crippen LogP contribution in [0.25, 0.3) is 44.3 Å². The van der Waals surface area contributed by atoms with Crippen molar-refractivity contribution in [2.24, 2.45) is 0 Å². The van der Waals surface area contributed by atoms with Crippen molar-refractivity contribution in [3.05, 3.63) is 102 Å². The molecule has 0 aliphatic carbocycles. The van der Waals surface area contributed by atoms with Gasteiger partial charge >= 0.3 is 11.1 Å². The van der Waals surface area contributed by atoms with Gasteiger partial charge in [0.05, 0.1) is 50.9 Å². The largest absolute Gasteiger partial charge is 0.477 e. The van der Waals surface area contributed by atoms with Crippen molar-refractivity contribution in [2.75, 3.05) is 14.2 Å². The molecule has 0 spiro atoms. The van der Waals surface area contributed by atoms with Crippen LogP contribution >= 0.6 is 46.4 Å². The number of methoxy groups -OCH3 is 2. The van der Waals surface area contributed by atoms with Gasteiger partial charge in [0, 0.05) is 35.9 Å². The Morgan fingerprint density at radius 1 is 0.667 bits per heavy atom. The highest BCUT2D eigenvalue weighted by Crippen LogP contribution is 2.41. The van der Waals surface area contributed by atoms with Crippen LogP contribution in [0.5, 0.6) is 11.8 Å². The molecule has 0 bridgehead atoms. The molecule has 6 aromatic rings. The van der Waals surface area contributed by atoms with E-state index >= 15 is 0 Å². The van der Waals surface area contributed by atoms with Crippen LogP contribution in [0.1, 0.15) is 0 Å². The second-order valence-corrected chi connectivity index (χ2v) is 10.1. The standard InChI is InChI=1S/C15H11Cl2N3O2.C13H7Cl2N3O2/c1-21-14-15(22-2)20-13-10(19-14)7-9(16)12(17)11(13)8-3-5-18-6-4-8;14-7-5-8-11(18-13(20)12(19)17-8)9(10(7)15)6-1-3-16-4-2-6/h3-7H,1-2H3;1-5H,(H,17,19)(H,18,20). The van der Waals surface area contributed by atoms with Crippen LogP contribution < -0.4 is 20.6 Å². The first-order valence-corrected chi connectivity index (χ1v) is 13.5. The molecule has 4 heterocycles. The molecule has 4 aromatic heterocycles. The highest BCUT2D eigenvalue weighted by molar-refractivity contribution is 6.45. The van der Waals surface area contributed by atoms with Crippen LogP contribution in [0.15, 0.2) is 70.8 Å². The fraction of sp³-hybridized carbons (Fsp3) is 0.0714. The van der Waals surface area contributed by atoms with Gasteiger partial charge in [-0.15, -0.1) is 0 Å². The molecule has 0 aliphatic heterocycles. The van der Waals surface area contributed by atoms with Gasteiger partial charge in [0.25, 0.3) is 11.8 Å². The van der Waals surface area contributed by atoms with E-state index < -0.39 is 11.1 Å². The minimum Gasteiger partial charge on any atom is -0.477 e. The fourth-order valence-electron chi connectivity index (χ4n) is 4.15. The maximum atomic E-state index is 11.5. The Hall–Kier alpha value is -4.22. The van der Waals surface area contributed by atoms with Crippen LogP contribution in [0, 0.1) is 0 Å². The Morgan fingerprint density at radius 3 is 1.76 bits per heavy atom. The van der Waals surface area contributed by atoms with Crippen molar-refractivity contribution in [1.82, 2.24) is 29.9 Å². The molecule has 0 fully saturated rings. The van der Waals surface area contributed by atoms with Crippen LogP contribution in [-0.2, 0) is 0 Å². The Labute approximate surface area is 257 Å². The first-order chi connectivity index (χ1) is 20.2. The summed E-state index contributed by atoms with van der Waals surface area (Å²) in [4.78, 5) is 44.7. The van der Waals surface area contributed by atoms with Gasteiger partial charge in [-0.2, -0.15) is 0 Å². The number of nitrogens with zero attached hydrogens (tertiary/aromatic N) is 4. The summed E-state index contributed by atoms with van der Waals surface area (Å²) in [7, 11) is 3.00. The third-order valence-electron chi connectivity index (χ3n) is 6.03. The van der Waals surface area contributed by atoms with Gasteiger partial charge in [-0.05, 0) is 47.5 Å². The maximum Gasteiger partial charge on any atom is 0.314 e. The van der Waals surface area contributed by atoms with Crippen LogP contribution in [-0.4, -0.2) is 44.1 Å². The van der Waals surface area contributed by atoms with Crippen molar-refractivity contribution >= 4 is 68.5 Å². The molecule has 0 amide bonds. The number of fused-ring (bicyclic) bond motifs is 2. The average molecular weight is 644 g/mol. The summed E-state index contributed by atoms with van der Waals surface area (Å²) in [6, 6.07) is 10.3. The number of benzene rings is 2. The zero-order chi connectivity index (χ0) is 30.0. The summed E-state index contributed by atoms with van der Waals surface area (Å²) in [6.45, 7) is 0. The summed E-state index contributed by atoms with van der Waals surface area (Å²) < 4.78 is 10.4. The smallest absolute Gasteiger partial charge is 0.314 e. The first kappa shape index (κ1) is 29.3. The van der Waals surface area contributed by atoms with E-state index in [1.807, 2.05) is 12.1 Å². The lowest BCUT2D eigenvalue weighted by Gasteiger charge is -2.12. The highest BCUT2D eigenvalue weighted by atomic mass is 35.5. The van der Waals surface area contributed by atoms with Gasteiger partial charge < -0.3 is 19.4 Å². The summed E-state index contributed by atoms with van der Waals surface area (Å²) in [5.41, 5.74) is 3.31.